The van der Waals surface area contributed by atoms with Gasteiger partial charge in [-0.3, -0.25) is 0 Å². The van der Waals surface area contributed by atoms with Gasteiger partial charge in [0.1, 0.15) is 5.75 Å². The SMILES string of the molecule is COc1cc(Cl)ccc1-c1cc2c3ccccc3c(N(c3ccccc3)c3ccccc3)cc2c2ccccc12. The lowest BCUT2D eigenvalue weighted by Gasteiger charge is -2.28. The molecule has 0 radical (unpaired) electrons. The molecular weight excluding hydrogens is 510 g/mol. The molecule has 0 fully saturated rings. The molecule has 0 aromatic heterocycles. The Hall–Kier alpha value is -4.79. The predicted octanol–water partition coefficient (Wildman–Crippen LogP) is 10.9. The third-order valence-corrected chi connectivity index (χ3v) is 7.82. The Bertz CT molecular complexity index is 1960. The van der Waals surface area contributed by atoms with Crippen molar-refractivity contribution in [3.63, 3.8) is 0 Å². The number of methoxy groups -OCH3 is 1. The number of hydrogen-bond acceptors (Lipinski definition) is 2. The fourth-order valence-corrected chi connectivity index (χ4v) is 5.97. The van der Waals surface area contributed by atoms with Crippen molar-refractivity contribution in [1.29, 1.82) is 0 Å². The molecule has 192 valence electrons. The predicted molar refractivity (Wildman–Crippen MR) is 171 cm³/mol. The molecule has 7 rings (SSSR count). The molecule has 7 aromatic carbocycles. The Labute approximate surface area is 238 Å². The highest BCUT2D eigenvalue weighted by Gasteiger charge is 2.20. The first-order valence-electron chi connectivity index (χ1n) is 13.3. The molecule has 0 heterocycles. The molecule has 3 heteroatoms. The van der Waals surface area contributed by atoms with Crippen LogP contribution in [0.15, 0.2) is 140 Å². The molecule has 7 aromatic rings. The molecule has 0 saturated heterocycles. The van der Waals surface area contributed by atoms with E-state index in [9.17, 15) is 0 Å². The molecule has 0 bridgehead atoms. The summed E-state index contributed by atoms with van der Waals surface area (Å²) in [6.07, 6.45) is 0. The highest BCUT2D eigenvalue weighted by Crippen LogP contribution is 2.46. The normalized spacial score (nSPS) is 11.2. The van der Waals surface area contributed by atoms with Gasteiger partial charge >= 0.3 is 0 Å². The van der Waals surface area contributed by atoms with E-state index in [4.69, 9.17) is 16.3 Å². The highest BCUT2D eigenvalue weighted by molar-refractivity contribution is 6.31. The Morgan fingerprint density at radius 1 is 0.475 bits per heavy atom. The lowest BCUT2D eigenvalue weighted by molar-refractivity contribution is 0.416. The van der Waals surface area contributed by atoms with Crippen LogP contribution in [0.2, 0.25) is 5.02 Å². The topological polar surface area (TPSA) is 12.5 Å². The molecule has 0 N–H and O–H groups in total. The number of fused-ring (bicyclic) bond motifs is 5. The van der Waals surface area contributed by atoms with E-state index >= 15 is 0 Å². The van der Waals surface area contributed by atoms with Crippen LogP contribution in [0.3, 0.4) is 0 Å². The number of anilines is 3. The molecule has 0 aliphatic carbocycles. The first-order chi connectivity index (χ1) is 19.7. The van der Waals surface area contributed by atoms with Gasteiger partial charge < -0.3 is 9.64 Å². The van der Waals surface area contributed by atoms with Crippen LogP contribution in [0.25, 0.3) is 43.4 Å². The number of ether oxygens (including phenoxy) is 1. The maximum absolute atomic E-state index is 6.34. The molecule has 0 unspecified atom stereocenters. The summed E-state index contributed by atoms with van der Waals surface area (Å²) < 4.78 is 5.79. The third-order valence-electron chi connectivity index (χ3n) is 7.58. The average molecular weight is 536 g/mol. The van der Waals surface area contributed by atoms with Crippen molar-refractivity contribution in [3.8, 4) is 16.9 Å². The Morgan fingerprint density at radius 2 is 1.00 bits per heavy atom. The van der Waals surface area contributed by atoms with Crippen molar-refractivity contribution >= 4 is 61.0 Å². The zero-order chi connectivity index (χ0) is 27.1. The maximum Gasteiger partial charge on any atom is 0.128 e. The summed E-state index contributed by atoms with van der Waals surface area (Å²) >= 11 is 6.34. The molecule has 0 spiro atoms. The largest absolute Gasteiger partial charge is 0.496 e. The summed E-state index contributed by atoms with van der Waals surface area (Å²) in [5.41, 5.74) is 5.52. The summed E-state index contributed by atoms with van der Waals surface area (Å²) in [6.45, 7) is 0. The van der Waals surface area contributed by atoms with E-state index in [0.717, 1.165) is 33.9 Å². The van der Waals surface area contributed by atoms with E-state index in [0.29, 0.717) is 5.02 Å². The van der Waals surface area contributed by atoms with Gasteiger partial charge in [-0.25, -0.2) is 0 Å². The maximum atomic E-state index is 6.34. The third kappa shape index (κ3) is 4.05. The van der Waals surface area contributed by atoms with Crippen molar-refractivity contribution in [2.45, 2.75) is 0 Å². The number of halogens is 1. The number of nitrogens with zero attached hydrogens (tertiary/aromatic N) is 1. The minimum absolute atomic E-state index is 0.655. The molecule has 40 heavy (non-hydrogen) atoms. The number of para-hydroxylation sites is 2. The van der Waals surface area contributed by atoms with Gasteiger partial charge in [0.25, 0.3) is 0 Å². The summed E-state index contributed by atoms with van der Waals surface area (Å²) in [5.74, 6) is 0.761. The molecule has 0 aliphatic heterocycles. The van der Waals surface area contributed by atoms with Crippen molar-refractivity contribution in [3.05, 3.63) is 145 Å². The standard InChI is InChI=1S/C37H26ClNO/c1-40-37-22-25(38)20-21-32(37)33-23-34-30-18-10-11-19-31(30)36(24-35(34)29-17-9-8-16-28(29)33)39(26-12-4-2-5-13-26)27-14-6-3-7-15-27/h2-24H,1H3. The van der Waals surface area contributed by atoms with Crippen LogP contribution < -0.4 is 9.64 Å². The average Bonchev–Trinajstić information content (AvgIpc) is 3.02. The summed E-state index contributed by atoms with van der Waals surface area (Å²) in [6, 6.07) is 49.0. The highest BCUT2D eigenvalue weighted by atomic mass is 35.5. The summed E-state index contributed by atoms with van der Waals surface area (Å²) in [5, 5.41) is 7.81. The fourth-order valence-electron chi connectivity index (χ4n) is 5.81. The molecular formula is C37H26ClNO. The van der Waals surface area contributed by atoms with Gasteiger partial charge in [0, 0.05) is 27.3 Å². The van der Waals surface area contributed by atoms with E-state index in [1.165, 1.54) is 32.3 Å². The molecule has 0 aliphatic rings. The van der Waals surface area contributed by atoms with Crippen LogP contribution in [0.5, 0.6) is 5.75 Å². The van der Waals surface area contributed by atoms with Crippen LogP contribution in [0.4, 0.5) is 17.1 Å². The zero-order valence-electron chi connectivity index (χ0n) is 22.0. The van der Waals surface area contributed by atoms with E-state index in [1.807, 2.05) is 12.1 Å². The van der Waals surface area contributed by atoms with Gasteiger partial charge in [0.15, 0.2) is 0 Å². The van der Waals surface area contributed by atoms with Gasteiger partial charge in [-0.15, -0.1) is 0 Å². The first kappa shape index (κ1) is 24.3. The zero-order valence-corrected chi connectivity index (χ0v) is 22.8. The Morgan fingerprint density at radius 3 is 1.62 bits per heavy atom. The van der Waals surface area contributed by atoms with Crippen molar-refractivity contribution in [2.24, 2.45) is 0 Å². The second-order valence-electron chi connectivity index (χ2n) is 9.86. The fraction of sp³-hybridized carbons (Fsp3) is 0.0270. The van der Waals surface area contributed by atoms with Crippen LogP contribution in [0, 0.1) is 0 Å². The van der Waals surface area contributed by atoms with E-state index in [1.54, 1.807) is 7.11 Å². The number of rotatable bonds is 5. The summed E-state index contributed by atoms with van der Waals surface area (Å²) in [7, 11) is 1.70. The van der Waals surface area contributed by atoms with Crippen LogP contribution >= 0.6 is 11.6 Å². The minimum Gasteiger partial charge on any atom is -0.496 e. The monoisotopic (exact) mass is 535 g/mol. The Balaban J connectivity index is 1.61. The van der Waals surface area contributed by atoms with Gasteiger partial charge in [-0.2, -0.15) is 0 Å². The number of benzene rings is 7. The molecule has 0 amide bonds. The van der Waals surface area contributed by atoms with Gasteiger partial charge in [-0.05, 0) is 87.1 Å². The van der Waals surface area contributed by atoms with Gasteiger partial charge in [-0.1, -0.05) is 96.5 Å². The smallest absolute Gasteiger partial charge is 0.128 e. The van der Waals surface area contributed by atoms with E-state index in [-0.39, 0.29) is 0 Å². The lowest BCUT2D eigenvalue weighted by atomic mass is 9.89. The summed E-state index contributed by atoms with van der Waals surface area (Å²) in [4.78, 5) is 2.35. The van der Waals surface area contributed by atoms with Crippen LogP contribution in [-0.2, 0) is 0 Å². The van der Waals surface area contributed by atoms with Crippen molar-refractivity contribution < 1.29 is 4.74 Å². The lowest BCUT2D eigenvalue weighted by Crippen LogP contribution is -2.10. The number of hydrogen-bond donors (Lipinski definition) is 0. The molecule has 0 atom stereocenters. The van der Waals surface area contributed by atoms with Crippen molar-refractivity contribution in [2.75, 3.05) is 12.0 Å². The van der Waals surface area contributed by atoms with Gasteiger partial charge in [0.2, 0.25) is 0 Å². The second-order valence-corrected chi connectivity index (χ2v) is 10.3. The van der Waals surface area contributed by atoms with Crippen molar-refractivity contribution in [1.82, 2.24) is 0 Å². The van der Waals surface area contributed by atoms with Crippen LogP contribution in [-0.4, -0.2) is 7.11 Å². The van der Waals surface area contributed by atoms with Crippen LogP contribution in [0.1, 0.15) is 0 Å². The molecule has 2 nitrogen and oxygen atoms in total. The Kier molecular flexibility index (Phi) is 6.11. The first-order valence-corrected chi connectivity index (χ1v) is 13.7. The second kappa shape index (κ2) is 10.1. The van der Waals surface area contributed by atoms with E-state index in [2.05, 4.69) is 132 Å². The quantitative estimate of drug-likeness (QED) is 0.203. The molecule has 0 saturated carbocycles. The van der Waals surface area contributed by atoms with E-state index < -0.39 is 0 Å². The minimum atomic E-state index is 0.655. The van der Waals surface area contributed by atoms with Gasteiger partial charge in [0.05, 0.1) is 12.8 Å².